The number of benzene rings is 2. The zero-order valence-electron chi connectivity index (χ0n) is 17.9. The van der Waals surface area contributed by atoms with Crippen molar-refractivity contribution in [1.29, 1.82) is 0 Å². The number of fused-ring (bicyclic) bond motifs is 3. The van der Waals surface area contributed by atoms with E-state index in [1.165, 1.54) is 16.3 Å². The van der Waals surface area contributed by atoms with Crippen LogP contribution < -0.4 is 16.2 Å². The first-order valence-electron chi connectivity index (χ1n) is 10.9. The molecule has 4 heterocycles. The van der Waals surface area contributed by atoms with Gasteiger partial charge in [-0.1, -0.05) is 41.4 Å². The van der Waals surface area contributed by atoms with Gasteiger partial charge in [-0.3, -0.25) is 9.20 Å². The summed E-state index contributed by atoms with van der Waals surface area (Å²) in [6.07, 6.45) is 5.99. The number of rotatable bonds is 4. The molecule has 0 aliphatic carbocycles. The minimum Gasteiger partial charge on any atom is -0.324 e. The summed E-state index contributed by atoms with van der Waals surface area (Å²) in [5, 5.41) is 7.63. The van der Waals surface area contributed by atoms with Gasteiger partial charge < -0.3 is 10.6 Å². The average molecular weight is 492 g/mol. The van der Waals surface area contributed by atoms with Crippen molar-refractivity contribution in [2.75, 3.05) is 18.4 Å². The van der Waals surface area contributed by atoms with Crippen molar-refractivity contribution in [3.63, 3.8) is 0 Å². The fraction of sp³-hybridized carbons (Fsp3) is 0.167. The van der Waals surface area contributed by atoms with Crippen molar-refractivity contribution in [1.82, 2.24) is 29.2 Å². The number of aromatic nitrogens is 5. The summed E-state index contributed by atoms with van der Waals surface area (Å²) in [6, 6.07) is 13.4. The van der Waals surface area contributed by atoms with Gasteiger partial charge in [-0.05, 0) is 48.7 Å². The molecule has 2 aromatic carbocycles. The molecule has 1 saturated heterocycles. The molecular formula is C24H19Cl2N7O. The fourth-order valence-electron chi connectivity index (χ4n) is 4.42. The zero-order valence-corrected chi connectivity index (χ0v) is 19.4. The van der Waals surface area contributed by atoms with E-state index in [2.05, 4.69) is 37.7 Å². The third-order valence-electron chi connectivity index (χ3n) is 6.11. The first-order valence-corrected chi connectivity index (χ1v) is 11.6. The second-order valence-electron chi connectivity index (χ2n) is 8.18. The van der Waals surface area contributed by atoms with Crippen LogP contribution in [0, 0.1) is 0 Å². The fourth-order valence-corrected chi connectivity index (χ4v) is 4.98. The number of imidazole rings is 1. The molecule has 0 amide bonds. The Morgan fingerprint density at radius 1 is 1.06 bits per heavy atom. The van der Waals surface area contributed by atoms with E-state index >= 15 is 0 Å². The van der Waals surface area contributed by atoms with Gasteiger partial charge in [-0.25, -0.2) is 14.5 Å². The SMILES string of the molecule is O=c1c2cnc(Nc3ccc(C4CCNC4)cc3)nc2n2ccnc2n1-c1c(Cl)cccc1Cl. The largest absolute Gasteiger partial charge is 0.324 e. The maximum absolute atomic E-state index is 13.5. The Morgan fingerprint density at radius 2 is 1.85 bits per heavy atom. The second kappa shape index (κ2) is 8.39. The molecule has 10 heteroatoms. The lowest BCUT2D eigenvalue weighted by atomic mass is 9.98. The van der Waals surface area contributed by atoms with Gasteiger partial charge in [0.05, 0.1) is 15.7 Å². The molecule has 1 fully saturated rings. The van der Waals surface area contributed by atoms with Crippen molar-refractivity contribution in [2.24, 2.45) is 0 Å². The van der Waals surface area contributed by atoms with Crippen LogP contribution in [0.15, 0.2) is 65.8 Å². The van der Waals surface area contributed by atoms with Crippen LogP contribution in [0.3, 0.4) is 0 Å². The number of nitrogens with one attached hydrogen (secondary N) is 2. The molecule has 5 aromatic rings. The quantitative estimate of drug-likeness (QED) is 0.383. The van der Waals surface area contributed by atoms with Gasteiger partial charge in [0, 0.05) is 30.8 Å². The summed E-state index contributed by atoms with van der Waals surface area (Å²) < 4.78 is 3.11. The maximum Gasteiger partial charge on any atom is 0.270 e. The third-order valence-corrected chi connectivity index (χ3v) is 6.72. The number of halogens is 2. The summed E-state index contributed by atoms with van der Waals surface area (Å²) in [7, 11) is 0. The van der Waals surface area contributed by atoms with E-state index in [4.69, 9.17) is 23.2 Å². The smallest absolute Gasteiger partial charge is 0.270 e. The van der Waals surface area contributed by atoms with Gasteiger partial charge in [0.25, 0.3) is 5.56 Å². The third kappa shape index (κ3) is 3.51. The number of para-hydroxylation sites is 1. The minimum absolute atomic E-state index is 0.316. The molecule has 0 saturated carbocycles. The molecule has 1 unspecified atom stereocenters. The van der Waals surface area contributed by atoms with Crippen molar-refractivity contribution < 1.29 is 0 Å². The molecule has 6 rings (SSSR count). The predicted molar refractivity (Wildman–Crippen MR) is 134 cm³/mol. The van der Waals surface area contributed by atoms with Crippen LogP contribution >= 0.6 is 23.2 Å². The lowest BCUT2D eigenvalue weighted by Crippen LogP contribution is -2.23. The first-order chi connectivity index (χ1) is 16.6. The highest BCUT2D eigenvalue weighted by molar-refractivity contribution is 6.37. The van der Waals surface area contributed by atoms with E-state index in [9.17, 15) is 4.79 Å². The van der Waals surface area contributed by atoms with Crippen molar-refractivity contribution in [3.8, 4) is 5.69 Å². The Bertz CT molecular complexity index is 1570. The van der Waals surface area contributed by atoms with Crippen LogP contribution in [0.4, 0.5) is 11.6 Å². The Hall–Kier alpha value is -3.46. The molecule has 1 aliphatic heterocycles. The molecule has 3 aromatic heterocycles. The normalized spacial score (nSPS) is 15.9. The summed E-state index contributed by atoms with van der Waals surface area (Å²) >= 11 is 12.8. The van der Waals surface area contributed by atoms with Gasteiger partial charge in [-0.2, -0.15) is 4.98 Å². The highest BCUT2D eigenvalue weighted by Gasteiger charge is 2.19. The van der Waals surface area contributed by atoms with Gasteiger partial charge in [-0.15, -0.1) is 0 Å². The van der Waals surface area contributed by atoms with Crippen molar-refractivity contribution >= 4 is 51.6 Å². The van der Waals surface area contributed by atoms with E-state index in [0.29, 0.717) is 44.4 Å². The summed E-state index contributed by atoms with van der Waals surface area (Å²) in [5.74, 6) is 1.28. The number of hydrogen-bond acceptors (Lipinski definition) is 6. The minimum atomic E-state index is -0.357. The molecule has 1 aliphatic rings. The Morgan fingerprint density at radius 3 is 2.59 bits per heavy atom. The Labute approximate surface area is 204 Å². The van der Waals surface area contributed by atoms with Crippen molar-refractivity contribution in [3.05, 3.63) is 87.0 Å². The van der Waals surface area contributed by atoms with Crippen LogP contribution in [0.1, 0.15) is 17.9 Å². The lowest BCUT2D eigenvalue weighted by Gasteiger charge is -2.14. The van der Waals surface area contributed by atoms with E-state index in [1.807, 2.05) is 12.1 Å². The molecule has 2 N–H and O–H groups in total. The average Bonchev–Trinajstić information content (AvgIpc) is 3.54. The van der Waals surface area contributed by atoms with Crippen LogP contribution in [0.2, 0.25) is 10.0 Å². The molecule has 0 radical (unpaired) electrons. The highest BCUT2D eigenvalue weighted by atomic mass is 35.5. The second-order valence-corrected chi connectivity index (χ2v) is 8.99. The van der Waals surface area contributed by atoms with Crippen LogP contribution in [0.25, 0.3) is 22.5 Å². The van der Waals surface area contributed by atoms with E-state index < -0.39 is 0 Å². The molecule has 8 nitrogen and oxygen atoms in total. The number of hydrogen-bond donors (Lipinski definition) is 2. The summed E-state index contributed by atoms with van der Waals surface area (Å²) in [6.45, 7) is 2.07. The molecule has 34 heavy (non-hydrogen) atoms. The summed E-state index contributed by atoms with van der Waals surface area (Å²) in [5.41, 5.74) is 2.63. The molecule has 170 valence electrons. The molecule has 0 spiro atoms. The van der Waals surface area contributed by atoms with Crippen LogP contribution in [-0.4, -0.2) is 37.0 Å². The van der Waals surface area contributed by atoms with Gasteiger partial charge in [0.2, 0.25) is 11.7 Å². The Balaban J connectivity index is 1.43. The standard InChI is InChI=1S/C24H19Cl2N7O/c25-18-2-1-3-19(26)20(18)33-22(34)17-13-29-23(31-21(17)32-11-10-28-24(32)33)30-16-6-4-14(5-7-16)15-8-9-27-12-15/h1-7,10-11,13,15,27H,8-9,12H2,(H,29,30,31). The maximum atomic E-state index is 13.5. The van der Waals surface area contributed by atoms with Gasteiger partial charge >= 0.3 is 0 Å². The zero-order chi connectivity index (χ0) is 23.2. The van der Waals surface area contributed by atoms with E-state index in [0.717, 1.165) is 25.2 Å². The van der Waals surface area contributed by atoms with Gasteiger partial charge in [0.15, 0.2) is 5.65 Å². The van der Waals surface area contributed by atoms with E-state index in [-0.39, 0.29) is 5.56 Å². The van der Waals surface area contributed by atoms with Crippen molar-refractivity contribution in [2.45, 2.75) is 12.3 Å². The topological polar surface area (TPSA) is 89.1 Å². The number of anilines is 2. The molecular weight excluding hydrogens is 473 g/mol. The van der Waals surface area contributed by atoms with Gasteiger partial charge in [0.1, 0.15) is 5.39 Å². The lowest BCUT2D eigenvalue weighted by molar-refractivity contribution is 0.763. The summed E-state index contributed by atoms with van der Waals surface area (Å²) in [4.78, 5) is 26.8. The Kier molecular flexibility index (Phi) is 5.21. The monoisotopic (exact) mass is 491 g/mol. The molecule has 0 bridgehead atoms. The van der Waals surface area contributed by atoms with Crippen LogP contribution in [0.5, 0.6) is 0 Å². The number of nitrogens with zero attached hydrogens (tertiary/aromatic N) is 5. The van der Waals surface area contributed by atoms with Crippen LogP contribution in [-0.2, 0) is 0 Å². The molecule has 1 atom stereocenters. The predicted octanol–water partition coefficient (Wildman–Crippen LogP) is 4.56. The first kappa shape index (κ1) is 21.1. The highest BCUT2D eigenvalue weighted by Crippen LogP contribution is 2.29. The van der Waals surface area contributed by atoms with E-state index in [1.54, 1.807) is 35.0 Å².